The number of H-pyrrole nitrogens is 1. The number of likely N-dealkylation sites (tertiary alicyclic amines) is 1. The van der Waals surface area contributed by atoms with E-state index in [4.69, 9.17) is 16.3 Å². The fourth-order valence-electron chi connectivity index (χ4n) is 2.88. The molecule has 0 radical (unpaired) electrons. The van der Waals surface area contributed by atoms with Gasteiger partial charge in [0.2, 0.25) is 0 Å². The minimum atomic E-state index is -0.112. The van der Waals surface area contributed by atoms with Crippen LogP contribution in [0.4, 0.5) is 0 Å². The fourth-order valence-corrected chi connectivity index (χ4v) is 2.98. The molecule has 0 unspecified atom stereocenters. The number of amides is 1. The Balaban J connectivity index is 1.44. The SMILES string of the molecule is O=C(c1cc2ccccc2[nH]1)N1CC[C@H](Oc2ncc(Cl)cn2)C1. The number of rotatable bonds is 3. The minimum absolute atomic E-state index is 0.0191. The summed E-state index contributed by atoms with van der Waals surface area (Å²) in [6.07, 6.45) is 3.62. The molecule has 1 N–H and O–H groups in total. The van der Waals surface area contributed by atoms with Crippen LogP contribution in [0, 0.1) is 0 Å². The predicted molar refractivity (Wildman–Crippen MR) is 90.3 cm³/mol. The summed E-state index contributed by atoms with van der Waals surface area (Å²) in [5, 5.41) is 1.49. The highest BCUT2D eigenvalue weighted by Crippen LogP contribution is 2.20. The second kappa shape index (κ2) is 6.13. The van der Waals surface area contributed by atoms with Crippen LogP contribution in [0.15, 0.2) is 42.7 Å². The van der Waals surface area contributed by atoms with Crippen molar-refractivity contribution in [1.82, 2.24) is 19.9 Å². The van der Waals surface area contributed by atoms with Gasteiger partial charge in [-0.3, -0.25) is 4.79 Å². The lowest BCUT2D eigenvalue weighted by Crippen LogP contribution is -2.31. The fraction of sp³-hybridized carbons (Fsp3) is 0.235. The first-order valence-corrected chi connectivity index (χ1v) is 8.08. The van der Waals surface area contributed by atoms with E-state index in [9.17, 15) is 4.79 Å². The van der Waals surface area contributed by atoms with Gasteiger partial charge in [-0.1, -0.05) is 29.8 Å². The molecular weight excluding hydrogens is 328 g/mol. The number of hydrogen-bond acceptors (Lipinski definition) is 4. The number of carbonyl (C=O) groups is 1. The average molecular weight is 343 g/mol. The number of halogens is 1. The molecule has 1 aliphatic rings. The second-order valence-electron chi connectivity index (χ2n) is 5.73. The normalized spacial score (nSPS) is 17.4. The summed E-state index contributed by atoms with van der Waals surface area (Å²) in [5.74, 6) is -0.0191. The quantitative estimate of drug-likeness (QED) is 0.794. The Hall–Kier alpha value is -2.60. The summed E-state index contributed by atoms with van der Waals surface area (Å²) in [4.78, 5) is 25.7. The van der Waals surface area contributed by atoms with Gasteiger partial charge < -0.3 is 14.6 Å². The lowest BCUT2D eigenvalue weighted by atomic mass is 10.2. The van der Waals surface area contributed by atoms with Crippen molar-refractivity contribution in [2.24, 2.45) is 0 Å². The van der Waals surface area contributed by atoms with Crippen LogP contribution in [0.5, 0.6) is 6.01 Å². The molecule has 3 aromatic rings. The molecule has 0 aliphatic carbocycles. The first-order valence-electron chi connectivity index (χ1n) is 7.70. The molecule has 4 rings (SSSR count). The van der Waals surface area contributed by atoms with E-state index in [1.54, 1.807) is 4.90 Å². The van der Waals surface area contributed by atoms with Crippen LogP contribution in [0.3, 0.4) is 0 Å². The smallest absolute Gasteiger partial charge is 0.316 e. The largest absolute Gasteiger partial charge is 0.458 e. The highest BCUT2D eigenvalue weighted by atomic mass is 35.5. The van der Waals surface area contributed by atoms with Gasteiger partial charge in [-0.2, -0.15) is 0 Å². The Morgan fingerprint density at radius 3 is 2.88 bits per heavy atom. The summed E-state index contributed by atoms with van der Waals surface area (Å²) >= 11 is 5.76. The van der Waals surface area contributed by atoms with Gasteiger partial charge in [0.25, 0.3) is 5.91 Å². The van der Waals surface area contributed by atoms with E-state index in [2.05, 4.69) is 15.0 Å². The van der Waals surface area contributed by atoms with Crippen molar-refractivity contribution >= 4 is 28.4 Å². The number of fused-ring (bicyclic) bond motifs is 1. The first kappa shape index (κ1) is 15.0. The van der Waals surface area contributed by atoms with Gasteiger partial charge in [-0.05, 0) is 12.1 Å². The average Bonchev–Trinajstić information content (AvgIpc) is 3.23. The van der Waals surface area contributed by atoms with E-state index in [1.165, 1.54) is 12.4 Å². The van der Waals surface area contributed by atoms with Gasteiger partial charge in [-0.15, -0.1) is 0 Å². The van der Waals surface area contributed by atoms with Gasteiger partial charge in [0.15, 0.2) is 0 Å². The molecule has 0 bridgehead atoms. The van der Waals surface area contributed by atoms with E-state index in [0.29, 0.717) is 23.8 Å². The second-order valence-corrected chi connectivity index (χ2v) is 6.17. The molecule has 1 aromatic carbocycles. The Kier molecular flexibility index (Phi) is 3.82. The summed E-state index contributed by atoms with van der Waals surface area (Å²) in [6.45, 7) is 1.16. The molecule has 1 saturated heterocycles. The zero-order valence-corrected chi connectivity index (χ0v) is 13.5. The van der Waals surface area contributed by atoms with E-state index in [0.717, 1.165) is 17.3 Å². The Bertz CT molecular complexity index is 845. The molecule has 0 saturated carbocycles. The summed E-state index contributed by atoms with van der Waals surface area (Å²) < 4.78 is 5.72. The minimum Gasteiger partial charge on any atom is -0.458 e. The maximum absolute atomic E-state index is 12.6. The zero-order chi connectivity index (χ0) is 16.5. The van der Waals surface area contributed by atoms with Crippen molar-refractivity contribution in [3.63, 3.8) is 0 Å². The van der Waals surface area contributed by atoms with E-state index >= 15 is 0 Å². The maximum atomic E-state index is 12.6. The monoisotopic (exact) mass is 342 g/mol. The van der Waals surface area contributed by atoms with Crippen molar-refractivity contribution in [2.75, 3.05) is 13.1 Å². The Labute approximate surface area is 143 Å². The van der Waals surface area contributed by atoms with Crippen LogP contribution in [0.25, 0.3) is 10.9 Å². The third-order valence-electron chi connectivity index (χ3n) is 4.06. The summed E-state index contributed by atoms with van der Waals surface area (Å²) in [5.41, 5.74) is 1.56. The lowest BCUT2D eigenvalue weighted by molar-refractivity contribution is 0.0765. The third-order valence-corrected chi connectivity index (χ3v) is 4.26. The maximum Gasteiger partial charge on any atom is 0.316 e. The van der Waals surface area contributed by atoms with Crippen LogP contribution in [-0.4, -0.2) is 45.0 Å². The van der Waals surface area contributed by atoms with Crippen LogP contribution in [0.2, 0.25) is 5.02 Å². The number of hydrogen-bond donors (Lipinski definition) is 1. The highest BCUT2D eigenvalue weighted by Gasteiger charge is 2.29. The molecule has 1 aliphatic heterocycles. The summed E-state index contributed by atoms with van der Waals surface area (Å²) in [6, 6.07) is 10.0. The topological polar surface area (TPSA) is 71.1 Å². The van der Waals surface area contributed by atoms with Crippen molar-refractivity contribution in [3.8, 4) is 6.01 Å². The van der Waals surface area contributed by atoms with Crippen LogP contribution in [-0.2, 0) is 0 Å². The number of nitrogens with one attached hydrogen (secondary N) is 1. The predicted octanol–water partition coefficient (Wildman–Crippen LogP) is 2.90. The van der Waals surface area contributed by atoms with Crippen molar-refractivity contribution in [1.29, 1.82) is 0 Å². The molecule has 1 atom stereocenters. The van der Waals surface area contributed by atoms with E-state index in [-0.39, 0.29) is 18.0 Å². The number of para-hydroxylation sites is 1. The number of nitrogens with zero attached hydrogens (tertiary/aromatic N) is 3. The number of benzene rings is 1. The first-order chi connectivity index (χ1) is 11.7. The van der Waals surface area contributed by atoms with Gasteiger partial charge in [0.1, 0.15) is 11.8 Å². The third kappa shape index (κ3) is 2.92. The zero-order valence-electron chi connectivity index (χ0n) is 12.8. The molecule has 6 nitrogen and oxygen atoms in total. The van der Waals surface area contributed by atoms with Gasteiger partial charge in [0.05, 0.1) is 24.0 Å². The molecular formula is C17H15ClN4O2. The van der Waals surface area contributed by atoms with Gasteiger partial charge >= 0.3 is 6.01 Å². The van der Waals surface area contributed by atoms with E-state index < -0.39 is 0 Å². The Morgan fingerprint density at radius 1 is 1.29 bits per heavy atom. The van der Waals surface area contributed by atoms with Crippen LogP contribution >= 0.6 is 11.6 Å². The van der Waals surface area contributed by atoms with Gasteiger partial charge in [0, 0.05) is 23.9 Å². The van der Waals surface area contributed by atoms with Crippen LogP contribution < -0.4 is 4.74 Å². The molecule has 0 spiro atoms. The number of aromatic amines is 1. The number of aromatic nitrogens is 3. The van der Waals surface area contributed by atoms with Crippen LogP contribution in [0.1, 0.15) is 16.9 Å². The molecule has 2 aromatic heterocycles. The van der Waals surface area contributed by atoms with E-state index in [1.807, 2.05) is 30.3 Å². The number of ether oxygens (including phenoxy) is 1. The van der Waals surface area contributed by atoms with Crippen molar-refractivity contribution in [3.05, 3.63) is 53.4 Å². The Morgan fingerprint density at radius 2 is 2.08 bits per heavy atom. The van der Waals surface area contributed by atoms with Crippen molar-refractivity contribution < 1.29 is 9.53 Å². The molecule has 1 fully saturated rings. The van der Waals surface area contributed by atoms with Crippen molar-refractivity contribution in [2.45, 2.75) is 12.5 Å². The molecule has 7 heteroatoms. The highest BCUT2D eigenvalue weighted by molar-refractivity contribution is 6.30. The molecule has 3 heterocycles. The standard InChI is InChI=1S/C17H15ClN4O2/c18-12-8-19-17(20-9-12)24-13-5-6-22(10-13)16(23)15-7-11-3-1-2-4-14(11)21-15/h1-4,7-9,13,21H,5-6,10H2/t13-/m0/s1. The molecule has 1 amide bonds. The van der Waals surface area contributed by atoms with Gasteiger partial charge in [-0.25, -0.2) is 9.97 Å². The lowest BCUT2D eigenvalue weighted by Gasteiger charge is -2.15. The molecule has 122 valence electrons. The summed E-state index contributed by atoms with van der Waals surface area (Å²) in [7, 11) is 0. The number of carbonyl (C=O) groups excluding carboxylic acids is 1. The molecule has 24 heavy (non-hydrogen) atoms.